The Bertz CT molecular complexity index is 786. The molecule has 1 aromatic heterocycles. The second-order valence-corrected chi connectivity index (χ2v) is 8.49. The third kappa shape index (κ3) is 2.88. The van der Waals surface area contributed by atoms with E-state index in [4.69, 9.17) is 4.74 Å². The van der Waals surface area contributed by atoms with Gasteiger partial charge >= 0.3 is 0 Å². The van der Waals surface area contributed by atoms with E-state index in [-0.39, 0.29) is 17.9 Å². The van der Waals surface area contributed by atoms with Crippen molar-refractivity contribution in [3.63, 3.8) is 0 Å². The molecule has 3 aliphatic heterocycles. The normalized spacial score (nSPS) is 31.2. The number of likely N-dealkylation sites (tertiary alicyclic amines) is 1. The molecule has 4 rings (SSSR count). The van der Waals surface area contributed by atoms with E-state index in [0.717, 1.165) is 18.8 Å². The summed E-state index contributed by atoms with van der Waals surface area (Å²) in [5, 5.41) is 0. The Kier molecular flexibility index (Phi) is 4.37. The van der Waals surface area contributed by atoms with Crippen LogP contribution in [0.5, 0.6) is 0 Å². The number of amides is 2. The number of aryl methyl sites for hydroxylation is 1. The van der Waals surface area contributed by atoms with Gasteiger partial charge in [-0.25, -0.2) is 4.98 Å². The standard InChI is InChI=1S/C20H28N4O3/c1-13(2)6-9-24-12-20-7-5-14(27-20)16(17(20)19(24)26)18(25)23(4)11-15-21-8-10-22(15)3/h5,7-8,10,13-14,16-17H,6,9,11-12H2,1-4H3/t14-,16?,17?,20-/m1/s1. The van der Waals surface area contributed by atoms with Gasteiger partial charge in [0, 0.05) is 33.0 Å². The number of hydrogen-bond donors (Lipinski definition) is 0. The summed E-state index contributed by atoms with van der Waals surface area (Å²) >= 11 is 0. The summed E-state index contributed by atoms with van der Waals surface area (Å²) < 4.78 is 8.09. The van der Waals surface area contributed by atoms with Crippen LogP contribution in [0, 0.1) is 17.8 Å². The lowest BCUT2D eigenvalue weighted by molar-refractivity contribution is -0.142. The first-order valence-electron chi connectivity index (χ1n) is 9.69. The number of rotatable bonds is 6. The Hall–Kier alpha value is -2.15. The first kappa shape index (κ1) is 18.2. The number of hydrogen-bond acceptors (Lipinski definition) is 4. The molecular weight excluding hydrogens is 344 g/mol. The van der Waals surface area contributed by atoms with Crippen molar-refractivity contribution in [3.8, 4) is 0 Å². The maximum atomic E-state index is 13.2. The molecule has 4 heterocycles. The highest BCUT2D eigenvalue weighted by Gasteiger charge is 2.66. The molecule has 7 nitrogen and oxygen atoms in total. The molecule has 146 valence electrons. The van der Waals surface area contributed by atoms with Crippen LogP contribution in [-0.4, -0.2) is 63.0 Å². The van der Waals surface area contributed by atoms with Gasteiger partial charge in [-0.05, 0) is 12.3 Å². The van der Waals surface area contributed by atoms with Crippen LogP contribution in [0.3, 0.4) is 0 Å². The van der Waals surface area contributed by atoms with E-state index in [0.29, 0.717) is 19.0 Å². The largest absolute Gasteiger partial charge is 0.360 e. The van der Waals surface area contributed by atoms with Gasteiger partial charge in [0.2, 0.25) is 11.8 Å². The molecule has 0 saturated carbocycles. The highest BCUT2D eigenvalue weighted by Crippen LogP contribution is 2.52. The highest BCUT2D eigenvalue weighted by molar-refractivity contribution is 5.92. The number of carbonyl (C=O) groups excluding carboxylic acids is 2. The molecular formula is C20H28N4O3. The van der Waals surface area contributed by atoms with E-state index in [1.807, 2.05) is 34.9 Å². The van der Waals surface area contributed by atoms with Gasteiger partial charge < -0.3 is 19.1 Å². The summed E-state index contributed by atoms with van der Waals surface area (Å²) in [6, 6.07) is 0. The Labute approximate surface area is 160 Å². The summed E-state index contributed by atoms with van der Waals surface area (Å²) in [6.07, 6.45) is 8.21. The minimum absolute atomic E-state index is 0.0433. The molecule has 2 amide bonds. The zero-order valence-electron chi connectivity index (χ0n) is 16.5. The molecule has 4 atom stereocenters. The number of ether oxygens (including phenoxy) is 1. The van der Waals surface area contributed by atoms with Crippen LogP contribution >= 0.6 is 0 Å². The van der Waals surface area contributed by atoms with Crippen molar-refractivity contribution in [1.82, 2.24) is 19.4 Å². The van der Waals surface area contributed by atoms with Crippen LogP contribution < -0.4 is 0 Å². The van der Waals surface area contributed by atoms with Crippen LogP contribution in [0.2, 0.25) is 0 Å². The van der Waals surface area contributed by atoms with Crippen molar-refractivity contribution < 1.29 is 14.3 Å². The van der Waals surface area contributed by atoms with Gasteiger partial charge in [-0.2, -0.15) is 0 Å². The fourth-order valence-corrected chi connectivity index (χ4v) is 4.56. The van der Waals surface area contributed by atoms with Crippen LogP contribution in [0.25, 0.3) is 0 Å². The van der Waals surface area contributed by atoms with Gasteiger partial charge in [0.1, 0.15) is 11.4 Å². The topological polar surface area (TPSA) is 67.7 Å². The lowest BCUT2D eigenvalue weighted by Crippen LogP contribution is -2.44. The Morgan fingerprint density at radius 2 is 2.26 bits per heavy atom. The average molecular weight is 372 g/mol. The van der Waals surface area contributed by atoms with Crippen molar-refractivity contribution in [2.24, 2.45) is 24.8 Å². The summed E-state index contributed by atoms with van der Waals surface area (Å²) in [6.45, 7) is 6.01. The van der Waals surface area contributed by atoms with Gasteiger partial charge in [0.25, 0.3) is 0 Å². The number of fused-ring (bicyclic) bond motifs is 1. The van der Waals surface area contributed by atoms with Gasteiger partial charge in [0.05, 0.1) is 31.0 Å². The summed E-state index contributed by atoms with van der Waals surface area (Å²) in [7, 11) is 3.68. The third-order valence-corrected chi connectivity index (χ3v) is 6.12. The molecule has 2 fully saturated rings. The molecule has 1 aromatic rings. The van der Waals surface area contributed by atoms with Crippen molar-refractivity contribution in [1.29, 1.82) is 0 Å². The van der Waals surface area contributed by atoms with E-state index in [1.54, 1.807) is 18.1 Å². The van der Waals surface area contributed by atoms with E-state index in [9.17, 15) is 9.59 Å². The van der Waals surface area contributed by atoms with Crippen molar-refractivity contribution in [3.05, 3.63) is 30.4 Å². The summed E-state index contributed by atoms with van der Waals surface area (Å²) in [4.78, 5) is 34.2. The molecule has 7 heteroatoms. The van der Waals surface area contributed by atoms with Crippen LogP contribution in [-0.2, 0) is 27.9 Å². The smallest absolute Gasteiger partial charge is 0.230 e. The van der Waals surface area contributed by atoms with Gasteiger partial charge in [-0.3, -0.25) is 9.59 Å². The number of nitrogens with zero attached hydrogens (tertiary/aromatic N) is 4. The molecule has 27 heavy (non-hydrogen) atoms. The van der Waals surface area contributed by atoms with Crippen LogP contribution in [0.4, 0.5) is 0 Å². The average Bonchev–Trinajstić information content (AvgIpc) is 3.35. The zero-order chi connectivity index (χ0) is 19.3. The monoisotopic (exact) mass is 372 g/mol. The lowest BCUT2D eigenvalue weighted by Gasteiger charge is -2.27. The van der Waals surface area contributed by atoms with Crippen LogP contribution in [0.15, 0.2) is 24.5 Å². The van der Waals surface area contributed by atoms with E-state index in [1.165, 1.54) is 0 Å². The highest BCUT2D eigenvalue weighted by atomic mass is 16.5. The SMILES string of the molecule is CC(C)CCN1C[C@@]23C=C[C@@H](O2)C(C(=O)N(C)Cc2nccn2C)C3C1=O. The van der Waals surface area contributed by atoms with Crippen molar-refractivity contribution in [2.45, 2.75) is 38.5 Å². The van der Waals surface area contributed by atoms with Crippen molar-refractivity contribution in [2.75, 3.05) is 20.1 Å². The van der Waals surface area contributed by atoms with Gasteiger partial charge in [-0.15, -0.1) is 0 Å². The minimum Gasteiger partial charge on any atom is -0.360 e. The predicted molar refractivity (Wildman–Crippen MR) is 99.4 cm³/mol. The summed E-state index contributed by atoms with van der Waals surface area (Å²) in [5.41, 5.74) is -0.622. The van der Waals surface area contributed by atoms with E-state index in [2.05, 4.69) is 18.8 Å². The maximum Gasteiger partial charge on any atom is 0.230 e. The van der Waals surface area contributed by atoms with E-state index >= 15 is 0 Å². The molecule has 2 saturated heterocycles. The molecule has 0 aliphatic carbocycles. The number of carbonyl (C=O) groups is 2. The Morgan fingerprint density at radius 3 is 2.93 bits per heavy atom. The number of imidazole rings is 1. The molecule has 2 bridgehead atoms. The minimum atomic E-state index is -0.622. The Balaban J connectivity index is 1.52. The molecule has 3 aliphatic rings. The fraction of sp³-hybridized carbons (Fsp3) is 0.650. The molecule has 1 spiro atoms. The molecule has 0 aromatic carbocycles. The Morgan fingerprint density at radius 1 is 1.48 bits per heavy atom. The molecule has 2 unspecified atom stereocenters. The van der Waals surface area contributed by atoms with Crippen molar-refractivity contribution >= 4 is 11.8 Å². The van der Waals surface area contributed by atoms with Gasteiger partial charge in [-0.1, -0.05) is 26.0 Å². The first-order valence-corrected chi connectivity index (χ1v) is 9.69. The second kappa shape index (κ2) is 6.48. The van der Waals surface area contributed by atoms with Gasteiger partial charge in [0.15, 0.2) is 0 Å². The van der Waals surface area contributed by atoms with E-state index < -0.39 is 17.4 Å². The summed E-state index contributed by atoms with van der Waals surface area (Å²) in [5.74, 6) is 0.513. The predicted octanol–water partition coefficient (Wildman–Crippen LogP) is 1.21. The molecule has 0 radical (unpaired) electrons. The maximum absolute atomic E-state index is 13.2. The van der Waals surface area contributed by atoms with Crippen LogP contribution in [0.1, 0.15) is 26.1 Å². The first-order chi connectivity index (χ1) is 12.8. The zero-order valence-corrected chi connectivity index (χ0v) is 16.5. The fourth-order valence-electron chi connectivity index (χ4n) is 4.56. The quantitative estimate of drug-likeness (QED) is 0.704. The lowest BCUT2D eigenvalue weighted by atomic mass is 9.76. The number of aromatic nitrogens is 2. The second-order valence-electron chi connectivity index (χ2n) is 8.49. The third-order valence-electron chi connectivity index (χ3n) is 6.12. The molecule has 0 N–H and O–H groups in total.